The van der Waals surface area contributed by atoms with Gasteiger partial charge in [0.25, 0.3) is 0 Å². The number of rotatable bonds is 2. The molecule has 1 aromatic carbocycles. The van der Waals surface area contributed by atoms with Gasteiger partial charge in [0.05, 0.1) is 26.9 Å². The maximum atomic E-state index is 4.55. The van der Waals surface area contributed by atoms with Gasteiger partial charge in [-0.2, -0.15) is 0 Å². The highest BCUT2D eigenvalue weighted by atomic mass is 127. The van der Waals surface area contributed by atoms with Crippen molar-refractivity contribution in [3.8, 4) is 0 Å². The molecule has 1 rings (SSSR count). The first kappa shape index (κ1) is 15.1. The molecule has 0 saturated heterocycles. The molecule has 4 heteroatoms. The summed E-state index contributed by atoms with van der Waals surface area (Å²) in [4.78, 5) is 0. The lowest BCUT2D eigenvalue weighted by molar-refractivity contribution is -0.877. The van der Waals surface area contributed by atoms with E-state index in [1.807, 2.05) is 40.2 Å². The second-order valence-electron chi connectivity index (χ2n) is 4.13. The Morgan fingerprint density at radius 1 is 1.13 bits per heavy atom. The summed E-state index contributed by atoms with van der Waals surface area (Å²) in [6, 6.07) is 8.20. The molecule has 0 aliphatic carbocycles. The van der Waals surface area contributed by atoms with E-state index in [0.717, 1.165) is 10.2 Å². The highest BCUT2D eigenvalue weighted by molar-refractivity contribution is 9.10. The van der Waals surface area contributed by atoms with Crippen LogP contribution in [0.5, 0.6) is 0 Å². The van der Waals surface area contributed by atoms with Gasteiger partial charge in [-0.3, -0.25) is 0 Å². The molecule has 2 nitrogen and oxygen atoms in total. The lowest BCUT2D eigenvalue weighted by Gasteiger charge is -2.16. The second kappa shape index (κ2) is 5.96. The molecule has 0 atom stereocenters. The molecule has 0 unspecified atom stereocenters. The smallest absolute Gasteiger partial charge is 0.0999 e. The summed E-state index contributed by atoms with van der Waals surface area (Å²) in [5, 5.41) is 4.55. The fourth-order valence-corrected chi connectivity index (χ4v) is 1.46. The molecule has 0 bridgehead atoms. The molecule has 0 radical (unpaired) electrons. The molecule has 0 saturated carbocycles. The quantitative estimate of drug-likeness (QED) is 0.293. The zero-order valence-corrected chi connectivity index (χ0v) is 13.2. The third kappa shape index (κ3) is 5.63. The number of halogens is 2. The third-order valence-corrected chi connectivity index (χ3v) is 2.24. The SMILES string of the molecule is C/C(=N\[N+](C)(C)C)c1ccc(Br)cc1.[I-]. The molecular formula is C11H16BrIN2. The van der Waals surface area contributed by atoms with Crippen molar-refractivity contribution in [3.63, 3.8) is 0 Å². The minimum absolute atomic E-state index is 0. The standard InChI is InChI=1S/C11H16BrN2.HI/c1-9(13-14(2,3)4)10-5-7-11(12)8-6-10;/h5-8H,1-4H3;1H/q+1;/p-1/b13-9+;. The van der Waals surface area contributed by atoms with Crippen molar-refractivity contribution >= 4 is 21.6 Å². The average Bonchev–Trinajstić information content (AvgIpc) is 2.02. The number of benzene rings is 1. The lowest BCUT2D eigenvalue weighted by Crippen LogP contribution is -3.00. The maximum absolute atomic E-state index is 4.55. The van der Waals surface area contributed by atoms with Gasteiger partial charge in [0.1, 0.15) is 0 Å². The number of nitrogens with zero attached hydrogens (tertiary/aromatic N) is 2. The summed E-state index contributed by atoms with van der Waals surface area (Å²) in [6.45, 7) is 2.03. The monoisotopic (exact) mass is 382 g/mol. The minimum atomic E-state index is 0. The van der Waals surface area contributed by atoms with Gasteiger partial charge >= 0.3 is 0 Å². The zero-order chi connectivity index (χ0) is 10.8. The van der Waals surface area contributed by atoms with Gasteiger partial charge in [-0.25, -0.2) is 4.59 Å². The first-order chi connectivity index (χ1) is 6.38. The fraction of sp³-hybridized carbons (Fsp3) is 0.364. The summed E-state index contributed by atoms with van der Waals surface area (Å²) in [7, 11) is 6.13. The normalized spacial score (nSPS) is 12.2. The highest BCUT2D eigenvalue weighted by Crippen LogP contribution is 2.11. The van der Waals surface area contributed by atoms with E-state index in [-0.39, 0.29) is 24.0 Å². The Morgan fingerprint density at radius 2 is 1.60 bits per heavy atom. The van der Waals surface area contributed by atoms with E-state index >= 15 is 0 Å². The number of hydrogen-bond acceptors (Lipinski definition) is 1. The Labute approximate surface area is 117 Å². The van der Waals surface area contributed by atoms with E-state index in [1.54, 1.807) is 0 Å². The minimum Gasteiger partial charge on any atom is -1.00 e. The Kier molecular flexibility index (Phi) is 5.98. The van der Waals surface area contributed by atoms with Crippen LogP contribution in [0.3, 0.4) is 0 Å². The third-order valence-electron chi connectivity index (χ3n) is 1.71. The average molecular weight is 383 g/mol. The van der Waals surface area contributed by atoms with Crippen LogP contribution < -0.4 is 24.0 Å². The van der Waals surface area contributed by atoms with Crippen LogP contribution in [0.4, 0.5) is 0 Å². The van der Waals surface area contributed by atoms with E-state index in [1.165, 1.54) is 5.56 Å². The molecule has 0 aromatic heterocycles. The van der Waals surface area contributed by atoms with Crippen molar-refractivity contribution in [2.75, 3.05) is 21.1 Å². The molecule has 15 heavy (non-hydrogen) atoms. The fourth-order valence-electron chi connectivity index (χ4n) is 1.20. The van der Waals surface area contributed by atoms with Crippen LogP contribution in [0, 0.1) is 0 Å². The van der Waals surface area contributed by atoms with Crippen molar-refractivity contribution in [3.05, 3.63) is 34.3 Å². The van der Waals surface area contributed by atoms with Crippen LogP contribution >= 0.6 is 15.9 Å². The maximum Gasteiger partial charge on any atom is 0.0999 e. The first-order valence-corrected chi connectivity index (χ1v) is 5.32. The van der Waals surface area contributed by atoms with E-state index in [0.29, 0.717) is 4.59 Å². The van der Waals surface area contributed by atoms with Gasteiger partial charge in [0.2, 0.25) is 0 Å². The van der Waals surface area contributed by atoms with Crippen molar-refractivity contribution < 1.29 is 28.6 Å². The van der Waals surface area contributed by atoms with E-state index in [4.69, 9.17) is 0 Å². The molecule has 0 fully saturated rings. The van der Waals surface area contributed by atoms with Crippen molar-refractivity contribution in [2.24, 2.45) is 5.10 Å². The molecular weight excluding hydrogens is 367 g/mol. The Balaban J connectivity index is 0.00000196. The summed E-state index contributed by atoms with van der Waals surface area (Å²) in [5.74, 6) is 0. The lowest BCUT2D eigenvalue weighted by atomic mass is 10.1. The summed E-state index contributed by atoms with van der Waals surface area (Å²) in [6.07, 6.45) is 0. The Hall–Kier alpha value is 0.0600. The van der Waals surface area contributed by atoms with E-state index in [9.17, 15) is 0 Å². The summed E-state index contributed by atoms with van der Waals surface area (Å²) in [5.41, 5.74) is 2.23. The van der Waals surface area contributed by atoms with Crippen molar-refractivity contribution in [1.29, 1.82) is 0 Å². The van der Waals surface area contributed by atoms with Crippen LogP contribution in [-0.4, -0.2) is 31.4 Å². The van der Waals surface area contributed by atoms with Gasteiger partial charge in [0, 0.05) is 10.0 Å². The zero-order valence-electron chi connectivity index (χ0n) is 9.46. The second-order valence-corrected chi connectivity index (χ2v) is 5.05. The topological polar surface area (TPSA) is 12.4 Å². The Morgan fingerprint density at radius 3 is 2.00 bits per heavy atom. The number of quaternary nitrogens is 1. The van der Waals surface area contributed by atoms with Gasteiger partial charge < -0.3 is 24.0 Å². The van der Waals surface area contributed by atoms with Gasteiger partial charge in [-0.1, -0.05) is 33.2 Å². The van der Waals surface area contributed by atoms with E-state index < -0.39 is 0 Å². The van der Waals surface area contributed by atoms with Crippen LogP contribution in [0.2, 0.25) is 0 Å². The van der Waals surface area contributed by atoms with Crippen molar-refractivity contribution in [2.45, 2.75) is 6.92 Å². The molecule has 1 aromatic rings. The molecule has 0 aliphatic heterocycles. The Bertz CT molecular complexity index is 339. The molecule has 0 heterocycles. The molecule has 0 amide bonds. The van der Waals surface area contributed by atoms with Gasteiger partial charge in [-0.05, 0) is 19.1 Å². The van der Waals surface area contributed by atoms with Crippen molar-refractivity contribution in [1.82, 2.24) is 0 Å². The van der Waals surface area contributed by atoms with Crippen LogP contribution in [0.25, 0.3) is 0 Å². The van der Waals surface area contributed by atoms with Crippen LogP contribution in [0.15, 0.2) is 33.8 Å². The number of hydrogen-bond donors (Lipinski definition) is 0. The largest absolute Gasteiger partial charge is 1.00 e. The molecule has 0 aliphatic rings. The van der Waals surface area contributed by atoms with Crippen LogP contribution in [-0.2, 0) is 0 Å². The highest BCUT2D eigenvalue weighted by Gasteiger charge is 2.06. The first-order valence-electron chi connectivity index (χ1n) is 4.53. The summed E-state index contributed by atoms with van der Waals surface area (Å²) < 4.78 is 1.70. The predicted octanol–water partition coefficient (Wildman–Crippen LogP) is -0.117. The molecule has 84 valence electrons. The van der Waals surface area contributed by atoms with Crippen LogP contribution in [0.1, 0.15) is 12.5 Å². The summed E-state index contributed by atoms with van der Waals surface area (Å²) >= 11 is 3.41. The molecule has 0 N–H and O–H groups in total. The van der Waals surface area contributed by atoms with Gasteiger partial charge in [-0.15, -0.1) is 0 Å². The molecule has 0 spiro atoms. The van der Waals surface area contributed by atoms with Gasteiger partial charge in [0.15, 0.2) is 0 Å². The van der Waals surface area contributed by atoms with E-state index in [2.05, 4.69) is 33.2 Å². The predicted molar refractivity (Wildman–Crippen MR) is 64.4 cm³/mol.